The molecule has 0 unspecified atom stereocenters. The van der Waals surface area contributed by atoms with E-state index in [2.05, 4.69) is 13.8 Å². The molecule has 6 nitrogen and oxygen atoms in total. The second-order valence-electron chi connectivity index (χ2n) is 6.02. The standard InChI is InChI=1S/C6H10O6.2C4H9.Sn/c7-1-2-3(8)4(9)5(10)6(11)12-2;2*1-3-4-2;/h2-8,11H,1H2;2*1,3-4H2,2H3;/q-2;;;+2/t2-,3+,4-,5+,6-;;;/m1.../s1. The molecule has 0 amide bonds. The number of hydrogen-bond acceptors (Lipinski definition) is 6. The van der Waals surface area contributed by atoms with E-state index >= 15 is 0 Å². The van der Waals surface area contributed by atoms with Crippen LogP contribution >= 0.6 is 0 Å². The fraction of sp³-hybridized carbons (Fsp3) is 1.00. The van der Waals surface area contributed by atoms with Gasteiger partial charge >= 0.3 is 131 Å². The average molecular weight is 411 g/mol. The van der Waals surface area contributed by atoms with Crippen molar-refractivity contribution in [3.05, 3.63) is 0 Å². The van der Waals surface area contributed by atoms with E-state index in [1.54, 1.807) is 0 Å². The number of ether oxygens (including phenoxy) is 1. The summed E-state index contributed by atoms with van der Waals surface area (Å²) in [4.78, 5) is 0. The summed E-state index contributed by atoms with van der Waals surface area (Å²) in [5, 5.41) is 29.6. The third-order valence-electron chi connectivity index (χ3n) is 4.34. The van der Waals surface area contributed by atoms with Crippen molar-refractivity contribution in [2.75, 3.05) is 6.61 Å². The molecule has 2 saturated heterocycles. The minimum atomic E-state index is -3.26. The van der Waals surface area contributed by atoms with Crippen molar-refractivity contribution in [3.8, 4) is 0 Å². The SMILES string of the molecule is CCC[CH2][Sn]1([CH2]CCC)[O][C@@H]2[C@@H](O)[C@@H](CO)O[C@@H](O)[C@H]2[O]1. The Morgan fingerprint density at radius 2 is 1.52 bits per heavy atom. The number of aliphatic hydroxyl groups excluding tert-OH is 3. The van der Waals surface area contributed by atoms with Gasteiger partial charge in [0.05, 0.1) is 0 Å². The van der Waals surface area contributed by atoms with Gasteiger partial charge in [0.2, 0.25) is 0 Å². The first-order valence-corrected chi connectivity index (χ1v) is 14.4. The number of unbranched alkanes of at least 4 members (excludes halogenated alkanes) is 2. The van der Waals surface area contributed by atoms with Crippen LogP contribution in [0.2, 0.25) is 8.87 Å². The average Bonchev–Trinajstić information content (AvgIpc) is 2.88. The molecule has 2 rings (SSSR count). The topological polar surface area (TPSA) is 88.4 Å². The molecule has 0 bridgehead atoms. The summed E-state index contributed by atoms with van der Waals surface area (Å²) in [6, 6.07) is 0. The zero-order valence-corrected chi connectivity index (χ0v) is 15.8. The van der Waals surface area contributed by atoms with Crippen molar-refractivity contribution in [3.63, 3.8) is 0 Å². The van der Waals surface area contributed by atoms with Gasteiger partial charge in [0, 0.05) is 0 Å². The summed E-state index contributed by atoms with van der Waals surface area (Å²) in [7, 11) is 0. The predicted octanol–water partition coefficient (Wildman–Crippen LogP) is 0.883. The van der Waals surface area contributed by atoms with Gasteiger partial charge in [-0.1, -0.05) is 0 Å². The molecule has 0 saturated carbocycles. The second-order valence-corrected chi connectivity index (χ2v) is 15.4. The number of rotatable bonds is 7. The summed E-state index contributed by atoms with van der Waals surface area (Å²) in [5.74, 6) is 0. The van der Waals surface area contributed by atoms with E-state index in [4.69, 9.17) is 10.9 Å². The summed E-state index contributed by atoms with van der Waals surface area (Å²) < 4.78 is 19.6. The van der Waals surface area contributed by atoms with E-state index in [1.165, 1.54) is 0 Å². The summed E-state index contributed by atoms with van der Waals surface area (Å²) in [6.07, 6.45) is 0.224. The predicted molar refractivity (Wildman–Crippen MR) is 78.9 cm³/mol. The molecule has 2 aliphatic heterocycles. The van der Waals surface area contributed by atoms with Gasteiger partial charge in [0.1, 0.15) is 0 Å². The zero-order chi connectivity index (χ0) is 15.5. The molecule has 0 aromatic heterocycles. The van der Waals surface area contributed by atoms with Crippen LogP contribution in [0.4, 0.5) is 0 Å². The van der Waals surface area contributed by atoms with Crippen LogP contribution in [0.3, 0.4) is 0 Å². The van der Waals surface area contributed by atoms with E-state index in [0.29, 0.717) is 0 Å². The van der Waals surface area contributed by atoms with Crippen LogP contribution in [-0.2, 0) is 10.9 Å². The van der Waals surface area contributed by atoms with Gasteiger partial charge in [0.15, 0.2) is 0 Å². The van der Waals surface area contributed by atoms with Gasteiger partial charge in [-0.25, -0.2) is 0 Å². The first kappa shape index (κ1) is 17.9. The summed E-state index contributed by atoms with van der Waals surface area (Å²) in [5.41, 5.74) is 0. The first-order chi connectivity index (χ1) is 10.1. The Labute approximate surface area is 131 Å². The Hall–Kier alpha value is 0.559. The van der Waals surface area contributed by atoms with Gasteiger partial charge in [-0.15, -0.1) is 0 Å². The molecule has 124 valence electrons. The summed E-state index contributed by atoms with van der Waals surface area (Å²) in [6.45, 7) is 3.93. The van der Waals surface area contributed by atoms with Crippen LogP contribution in [0.1, 0.15) is 39.5 Å². The molecule has 3 N–H and O–H groups in total. The molecule has 0 aromatic rings. The van der Waals surface area contributed by atoms with Gasteiger partial charge in [0.25, 0.3) is 0 Å². The quantitative estimate of drug-likeness (QED) is 0.540. The Bertz CT molecular complexity index is 321. The maximum atomic E-state index is 10.3. The van der Waals surface area contributed by atoms with Crippen molar-refractivity contribution in [2.45, 2.75) is 79.1 Å². The molecule has 0 aromatic carbocycles. The second kappa shape index (κ2) is 7.90. The van der Waals surface area contributed by atoms with Crippen molar-refractivity contribution in [2.24, 2.45) is 0 Å². The van der Waals surface area contributed by atoms with Crippen LogP contribution in [0.25, 0.3) is 0 Å². The number of hydrogen-bond donors (Lipinski definition) is 3. The van der Waals surface area contributed by atoms with Crippen LogP contribution in [-0.4, -0.2) is 71.8 Å². The Morgan fingerprint density at radius 3 is 2.05 bits per heavy atom. The first-order valence-electron chi connectivity index (χ1n) is 8.05. The molecule has 21 heavy (non-hydrogen) atoms. The molecular formula is C14H28O6Sn. The van der Waals surface area contributed by atoms with Crippen molar-refractivity contribution in [1.29, 1.82) is 0 Å². The minimum absolute atomic E-state index is 0.336. The van der Waals surface area contributed by atoms with E-state index in [9.17, 15) is 15.3 Å². The van der Waals surface area contributed by atoms with E-state index in [1.807, 2.05) is 0 Å². The number of aliphatic hydroxyl groups is 3. The Morgan fingerprint density at radius 1 is 0.952 bits per heavy atom. The fourth-order valence-corrected chi connectivity index (χ4v) is 14.7. The van der Waals surface area contributed by atoms with E-state index in [-0.39, 0.29) is 6.61 Å². The van der Waals surface area contributed by atoms with Gasteiger partial charge in [-0.3, -0.25) is 0 Å². The summed E-state index contributed by atoms with van der Waals surface area (Å²) >= 11 is -3.26. The molecule has 2 fully saturated rings. The molecule has 0 aliphatic carbocycles. The molecule has 7 heteroatoms. The third-order valence-corrected chi connectivity index (χ3v) is 14.7. The van der Waals surface area contributed by atoms with Gasteiger partial charge in [-0.2, -0.15) is 0 Å². The molecule has 2 heterocycles. The molecular weight excluding hydrogens is 383 g/mol. The number of fused-ring (bicyclic) bond motifs is 1. The van der Waals surface area contributed by atoms with Gasteiger partial charge < -0.3 is 0 Å². The normalized spacial score (nSPS) is 38.4. The molecule has 0 radical (unpaired) electrons. The molecule has 2 aliphatic rings. The van der Waals surface area contributed by atoms with E-state index < -0.39 is 49.9 Å². The third kappa shape index (κ3) is 3.91. The van der Waals surface area contributed by atoms with Crippen molar-refractivity contribution in [1.82, 2.24) is 0 Å². The van der Waals surface area contributed by atoms with Crippen molar-refractivity contribution < 1.29 is 26.2 Å². The van der Waals surface area contributed by atoms with Crippen LogP contribution < -0.4 is 0 Å². The zero-order valence-electron chi connectivity index (χ0n) is 12.9. The van der Waals surface area contributed by atoms with Gasteiger partial charge in [-0.05, 0) is 0 Å². The van der Waals surface area contributed by atoms with Crippen LogP contribution in [0.5, 0.6) is 0 Å². The fourth-order valence-electron chi connectivity index (χ4n) is 3.09. The maximum absolute atomic E-state index is 10.3. The van der Waals surface area contributed by atoms with Crippen molar-refractivity contribution >= 4 is 19.2 Å². The van der Waals surface area contributed by atoms with E-state index in [0.717, 1.165) is 34.6 Å². The van der Waals surface area contributed by atoms with Crippen LogP contribution in [0, 0.1) is 0 Å². The Kier molecular flexibility index (Phi) is 6.73. The molecule has 5 atom stereocenters. The Balaban J connectivity index is 2.12. The monoisotopic (exact) mass is 412 g/mol. The van der Waals surface area contributed by atoms with Crippen LogP contribution in [0.15, 0.2) is 0 Å². The molecule has 0 spiro atoms.